The highest BCUT2D eigenvalue weighted by Crippen LogP contribution is 2.27. The highest BCUT2D eigenvalue weighted by Gasteiger charge is 2.20. The van der Waals surface area contributed by atoms with Crippen molar-refractivity contribution in [2.75, 3.05) is 0 Å². The normalized spacial score (nSPS) is 11.8. The summed E-state index contributed by atoms with van der Waals surface area (Å²) in [6.45, 7) is 0. The molecule has 1 aromatic carbocycles. The van der Waals surface area contributed by atoms with Gasteiger partial charge < -0.3 is 0 Å². The Balaban J connectivity index is 2.63. The molecule has 0 spiro atoms. The summed E-state index contributed by atoms with van der Waals surface area (Å²) in [4.78, 5) is 0. The zero-order chi connectivity index (χ0) is 13.5. The van der Waals surface area contributed by atoms with Crippen molar-refractivity contribution in [2.45, 2.75) is 5.16 Å². The Hall–Kier alpha value is -1.32. The average Bonchev–Trinajstić information content (AvgIpc) is 2.60. The molecule has 2 aromatic rings. The molecule has 0 bridgehead atoms. The van der Waals surface area contributed by atoms with E-state index in [-0.39, 0.29) is 11.0 Å². The standard InChI is InChI=1S/C9H8BrFN4O2S/c1-15-8(13-14-9(15)18(12,16)17)6-3-2-5(11)4-7(6)10/h2-4H,1H3,(H2,12,16,17). The van der Waals surface area contributed by atoms with E-state index in [0.717, 1.165) is 0 Å². The minimum atomic E-state index is -3.94. The fourth-order valence-corrected chi connectivity index (χ4v) is 2.62. The van der Waals surface area contributed by atoms with Crippen LogP contribution in [0.15, 0.2) is 27.8 Å². The van der Waals surface area contributed by atoms with Gasteiger partial charge in [0.2, 0.25) is 0 Å². The van der Waals surface area contributed by atoms with Crippen LogP contribution in [0.3, 0.4) is 0 Å². The topological polar surface area (TPSA) is 90.9 Å². The van der Waals surface area contributed by atoms with E-state index in [2.05, 4.69) is 26.1 Å². The van der Waals surface area contributed by atoms with Gasteiger partial charge in [-0.1, -0.05) is 0 Å². The van der Waals surface area contributed by atoms with Crippen molar-refractivity contribution in [3.8, 4) is 11.4 Å². The number of hydrogen-bond acceptors (Lipinski definition) is 4. The zero-order valence-electron chi connectivity index (χ0n) is 9.13. The maximum Gasteiger partial charge on any atom is 0.273 e. The second-order valence-electron chi connectivity index (χ2n) is 3.53. The van der Waals surface area contributed by atoms with Crippen LogP contribution in [0.5, 0.6) is 0 Å². The lowest BCUT2D eigenvalue weighted by Gasteiger charge is -2.04. The van der Waals surface area contributed by atoms with Crippen molar-refractivity contribution < 1.29 is 12.8 Å². The molecule has 9 heteroatoms. The van der Waals surface area contributed by atoms with Gasteiger partial charge in [0.1, 0.15) is 5.82 Å². The first-order valence-corrected chi connectivity index (χ1v) is 7.02. The third kappa shape index (κ3) is 2.28. The Kier molecular flexibility index (Phi) is 3.21. The van der Waals surface area contributed by atoms with Gasteiger partial charge in [-0.3, -0.25) is 4.57 Å². The van der Waals surface area contributed by atoms with E-state index in [1.165, 1.54) is 29.8 Å². The van der Waals surface area contributed by atoms with Gasteiger partial charge >= 0.3 is 0 Å². The molecule has 18 heavy (non-hydrogen) atoms. The molecule has 1 aromatic heterocycles. The molecule has 0 aliphatic carbocycles. The van der Waals surface area contributed by atoms with Crippen molar-refractivity contribution in [3.05, 3.63) is 28.5 Å². The van der Waals surface area contributed by atoms with Gasteiger partial charge in [-0.25, -0.2) is 17.9 Å². The largest absolute Gasteiger partial charge is 0.300 e. The summed E-state index contributed by atoms with van der Waals surface area (Å²) in [5, 5.41) is 11.9. The van der Waals surface area contributed by atoms with E-state index in [4.69, 9.17) is 5.14 Å². The number of nitrogens with two attached hydrogens (primary N) is 1. The van der Waals surface area contributed by atoms with Gasteiger partial charge in [0.05, 0.1) is 0 Å². The molecule has 96 valence electrons. The second kappa shape index (κ2) is 4.41. The maximum absolute atomic E-state index is 13.0. The van der Waals surface area contributed by atoms with Gasteiger partial charge in [0.15, 0.2) is 5.82 Å². The summed E-state index contributed by atoms with van der Waals surface area (Å²) < 4.78 is 37.1. The fourth-order valence-electron chi connectivity index (χ4n) is 1.47. The molecule has 1 heterocycles. The van der Waals surface area contributed by atoms with Crippen molar-refractivity contribution in [1.82, 2.24) is 14.8 Å². The number of rotatable bonds is 2. The first kappa shape index (κ1) is 13.1. The molecule has 0 aliphatic heterocycles. The quantitative estimate of drug-likeness (QED) is 0.887. The molecule has 6 nitrogen and oxygen atoms in total. The number of primary sulfonamides is 1. The van der Waals surface area contributed by atoms with E-state index < -0.39 is 15.8 Å². The molecule has 0 aliphatic rings. The van der Waals surface area contributed by atoms with E-state index in [9.17, 15) is 12.8 Å². The molecular formula is C9H8BrFN4O2S. The molecule has 0 saturated carbocycles. The van der Waals surface area contributed by atoms with Crippen LogP contribution in [-0.4, -0.2) is 23.2 Å². The Morgan fingerprint density at radius 1 is 1.39 bits per heavy atom. The predicted octanol–water partition coefficient (Wildman–Crippen LogP) is 1.03. The fraction of sp³-hybridized carbons (Fsp3) is 0.111. The van der Waals surface area contributed by atoms with Crippen LogP contribution in [0.2, 0.25) is 0 Å². The summed E-state index contributed by atoms with van der Waals surface area (Å²) in [6.07, 6.45) is 0. The molecule has 2 rings (SSSR count). The number of benzene rings is 1. The van der Waals surface area contributed by atoms with Gasteiger partial charge in [0.25, 0.3) is 15.2 Å². The Morgan fingerprint density at radius 2 is 2.06 bits per heavy atom. The van der Waals surface area contributed by atoms with E-state index in [1.54, 1.807) is 0 Å². The highest BCUT2D eigenvalue weighted by molar-refractivity contribution is 9.10. The van der Waals surface area contributed by atoms with Crippen LogP contribution in [0, 0.1) is 5.82 Å². The monoisotopic (exact) mass is 334 g/mol. The van der Waals surface area contributed by atoms with Gasteiger partial charge in [-0.15, -0.1) is 10.2 Å². The third-order valence-corrected chi connectivity index (χ3v) is 3.78. The molecule has 0 unspecified atom stereocenters. The maximum atomic E-state index is 13.0. The lowest BCUT2D eigenvalue weighted by Crippen LogP contribution is -2.17. The second-order valence-corrected chi connectivity index (χ2v) is 5.84. The molecule has 0 saturated heterocycles. The minimum absolute atomic E-state index is 0.269. The molecule has 0 atom stereocenters. The number of halogens is 2. The number of hydrogen-bond donors (Lipinski definition) is 1. The molecular weight excluding hydrogens is 327 g/mol. The summed E-state index contributed by atoms with van der Waals surface area (Å²) in [7, 11) is -2.48. The SMILES string of the molecule is Cn1c(-c2ccc(F)cc2Br)nnc1S(N)(=O)=O. The number of aromatic nitrogens is 3. The van der Waals surface area contributed by atoms with E-state index >= 15 is 0 Å². The molecule has 2 N–H and O–H groups in total. The van der Waals surface area contributed by atoms with Crippen LogP contribution in [-0.2, 0) is 17.1 Å². The van der Waals surface area contributed by atoms with Crippen LogP contribution in [0.4, 0.5) is 4.39 Å². The van der Waals surface area contributed by atoms with Crippen LogP contribution < -0.4 is 5.14 Å². The van der Waals surface area contributed by atoms with E-state index in [0.29, 0.717) is 10.0 Å². The first-order chi connectivity index (χ1) is 8.30. The third-order valence-electron chi connectivity index (χ3n) is 2.26. The molecule has 0 fully saturated rings. The van der Waals surface area contributed by atoms with Crippen molar-refractivity contribution in [2.24, 2.45) is 12.2 Å². The molecule has 0 radical (unpaired) electrons. The number of sulfonamides is 1. The smallest absolute Gasteiger partial charge is 0.273 e. The summed E-state index contributed by atoms with van der Waals surface area (Å²) >= 11 is 3.18. The lowest BCUT2D eigenvalue weighted by molar-refractivity contribution is 0.580. The lowest BCUT2D eigenvalue weighted by atomic mass is 10.2. The summed E-state index contributed by atoms with van der Waals surface area (Å²) in [5.74, 6) is -0.148. The van der Waals surface area contributed by atoms with Crippen molar-refractivity contribution in [1.29, 1.82) is 0 Å². The van der Waals surface area contributed by atoms with Gasteiger partial charge in [-0.2, -0.15) is 0 Å². The number of nitrogens with zero attached hydrogens (tertiary/aromatic N) is 3. The minimum Gasteiger partial charge on any atom is -0.300 e. The average molecular weight is 335 g/mol. The summed E-state index contributed by atoms with van der Waals surface area (Å²) in [6, 6.07) is 3.96. The Bertz CT molecular complexity index is 713. The van der Waals surface area contributed by atoms with Gasteiger partial charge in [-0.05, 0) is 34.1 Å². The van der Waals surface area contributed by atoms with Crippen LogP contribution in [0.25, 0.3) is 11.4 Å². The highest BCUT2D eigenvalue weighted by atomic mass is 79.9. The predicted molar refractivity (Wildman–Crippen MR) is 65.5 cm³/mol. The van der Waals surface area contributed by atoms with Gasteiger partial charge in [0, 0.05) is 17.1 Å². The Morgan fingerprint density at radius 3 is 2.56 bits per heavy atom. The molecule has 0 amide bonds. The van der Waals surface area contributed by atoms with Crippen LogP contribution in [0.1, 0.15) is 0 Å². The van der Waals surface area contributed by atoms with Crippen molar-refractivity contribution >= 4 is 26.0 Å². The zero-order valence-corrected chi connectivity index (χ0v) is 11.5. The van der Waals surface area contributed by atoms with E-state index in [1.807, 2.05) is 0 Å². The van der Waals surface area contributed by atoms with Crippen LogP contribution >= 0.6 is 15.9 Å². The summed E-state index contributed by atoms with van der Waals surface area (Å²) in [5.41, 5.74) is 0.515. The first-order valence-electron chi connectivity index (χ1n) is 4.68. The Labute approximate surface area is 111 Å². The van der Waals surface area contributed by atoms with Crippen molar-refractivity contribution in [3.63, 3.8) is 0 Å².